The van der Waals surface area contributed by atoms with E-state index >= 15 is 0 Å². The van der Waals surface area contributed by atoms with Gasteiger partial charge in [-0.15, -0.1) is 0 Å². The molecule has 0 saturated heterocycles. The molecule has 1 aromatic carbocycles. The van der Waals surface area contributed by atoms with E-state index in [1.807, 2.05) is 0 Å². The molecule has 0 atom stereocenters. The van der Waals surface area contributed by atoms with Gasteiger partial charge in [-0.3, -0.25) is 0 Å². The van der Waals surface area contributed by atoms with E-state index in [4.69, 9.17) is 20.7 Å². The number of ether oxygens (including phenoxy) is 1. The van der Waals surface area contributed by atoms with Crippen molar-refractivity contribution in [3.8, 4) is 11.8 Å². The number of benzene rings is 1. The van der Waals surface area contributed by atoms with Crippen molar-refractivity contribution in [1.29, 1.82) is 5.26 Å². The predicted octanol–water partition coefficient (Wildman–Crippen LogP) is 3.07. The molecular formula is C13H16ClNO3S. The molecule has 0 amide bonds. The highest BCUT2D eigenvalue weighted by atomic mass is 35.7. The van der Waals surface area contributed by atoms with Gasteiger partial charge in [-0.1, -0.05) is 18.9 Å². The second-order valence-corrected chi connectivity index (χ2v) is 7.04. The normalized spacial score (nSPS) is 10.9. The van der Waals surface area contributed by atoms with Gasteiger partial charge in [-0.25, -0.2) is 8.42 Å². The van der Waals surface area contributed by atoms with Gasteiger partial charge >= 0.3 is 0 Å². The van der Waals surface area contributed by atoms with Crippen molar-refractivity contribution >= 4 is 19.7 Å². The Morgan fingerprint density at radius 1 is 1.21 bits per heavy atom. The topological polar surface area (TPSA) is 67.2 Å². The lowest BCUT2D eigenvalue weighted by Gasteiger charge is -2.06. The van der Waals surface area contributed by atoms with Gasteiger partial charge in [0.25, 0.3) is 0 Å². The molecule has 0 bridgehead atoms. The van der Waals surface area contributed by atoms with Crippen LogP contribution in [0.1, 0.15) is 31.2 Å². The maximum atomic E-state index is 10.7. The van der Waals surface area contributed by atoms with Gasteiger partial charge in [0.2, 0.25) is 9.05 Å². The Morgan fingerprint density at radius 3 is 2.63 bits per heavy atom. The summed E-state index contributed by atoms with van der Waals surface area (Å²) in [6.45, 7) is 0.558. The standard InChI is InChI=1S/C13H16ClNO3S/c14-19(16,17)9-4-2-1-3-8-18-13-7-5-6-12(10-13)11-15/h5-7,10H,1-4,8-9H2. The molecule has 0 saturated carbocycles. The van der Waals surface area contributed by atoms with Crippen molar-refractivity contribution in [3.05, 3.63) is 29.8 Å². The van der Waals surface area contributed by atoms with Gasteiger partial charge < -0.3 is 4.74 Å². The van der Waals surface area contributed by atoms with Crippen LogP contribution >= 0.6 is 10.7 Å². The van der Waals surface area contributed by atoms with Crippen LogP contribution in [-0.4, -0.2) is 20.8 Å². The van der Waals surface area contributed by atoms with Gasteiger partial charge in [0, 0.05) is 10.7 Å². The van der Waals surface area contributed by atoms with Crippen LogP contribution in [0.3, 0.4) is 0 Å². The Kier molecular flexibility index (Phi) is 6.68. The first-order valence-corrected chi connectivity index (χ1v) is 8.54. The summed E-state index contributed by atoms with van der Waals surface area (Å²) in [6.07, 6.45) is 3.13. The van der Waals surface area contributed by atoms with E-state index in [9.17, 15) is 8.42 Å². The van der Waals surface area contributed by atoms with Crippen LogP contribution < -0.4 is 4.74 Å². The molecule has 6 heteroatoms. The molecule has 0 N–H and O–H groups in total. The Labute approximate surface area is 118 Å². The molecule has 0 radical (unpaired) electrons. The molecule has 0 spiro atoms. The number of halogens is 1. The third-order valence-corrected chi connectivity index (χ3v) is 3.75. The number of hydrogen-bond acceptors (Lipinski definition) is 4. The average Bonchev–Trinajstić information content (AvgIpc) is 2.36. The molecular weight excluding hydrogens is 286 g/mol. The van der Waals surface area contributed by atoms with E-state index in [1.54, 1.807) is 24.3 Å². The minimum absolute atomic E-state index is 0.0274. The second kappa shape index (κ2) is 8.03. The van der Waals surface area contributed by atoms with Crippen LogP contribution in [0.2, 0.25) is 0 Å². The molecule has 19 heavy (non-hydrogen) atoms. The highest BCUT2D eigenvalue weighted by Crippen LogP contribution is 2.13. The highest BCUT2D eigenvalue weighted by molar-refractivity contribution is 8.13. The molecule has 0 aliphatic rings. The van der Waals surface area contributed by atoms with Gasteiger partial charge in [-0.05, 0) is 31.0 Å². The average molecular weight is 302 g/mol. The maximum absolute atomic E-state index is 10.7. The Morgan fingerprint density at radius 2 is 1.95 bits per heavy atom. The molecule has 0 fully saturated rings. The van der Waals surface area contributed by atoms with Crippen molar-refractivity contribution in [1.82, 2.24) is 0 Å². The van der Waals surface area contributed by atoms with Gasteiger partial charge in [0.1, 0.15) is 5.75 Å². The minimum Gasteiger partial charge on any atom is -0.494 e. The minimum atomic E-state index is -3.36. The second-order valence-electron chi connectivity index (χ2n) is 4.15. The van der Waals surface area contributed by atoms with Crippen LogP contribution in [0.4, 0.5) is 0 Å². The molecule has 0 aliphatic heterocycles. The summed E-state index contributed by atoms with van der Waals surface area (Å²) < 4.78 is 26.9. The van der Waals surface area contributed by atoms with Crippen LogP contribution in [0.5, 0.6) is 5.75 Å². The van der Waals surface area contributed by atoms with E-state index in [0.29, 0.717) is 24.3 Å². The largest absolute Gasteiger partial charge is 0.494 e. The molecule has 1 aromatic rings. The first kappa shape index (κ1) is 15.8. The van der Waals surface area contributed by atoms with Crippen LogP contribution in [0, 0.1) is 11.3 Å². The first-order valence-electron chi connectivity index (χ1n) is 6.06. The number of nitriles is 1. The van der Waals surface area contributed by atoms with E-state index < -0.39 is 9.05 Å². The zero-order valence-corrected chi connectivity index (χ0v) is 12.1. The van der Waals surface area contributed by atoms with Crippen molar-refractivity contribution < 1.29 is 13.2 Å². The zero-order valence-electron chi connectivity index (χ0n) is 10.5. The molecule has 1 rings (SSSR count). The van der Waals surface area contributed by atoms with E-state index in [0.717, 1.165) is 19.3 Å². The maximum Gasteiger partial charge on any atom is 0.232 e. The lowest BCUT2D eigenvalue weighted by atomic mass is 10.2. The van der Waals surface area contributed by atoms with Gasteiger partial charge in [0.15, 0.2) is 0 Å². The fraction of sp³-hybridized carbons (Fsp3) is 0.462. The quantitative estimate of drug-likeness (QED) is 0.546. The van der Waals surface area contributed by atoms with Crippen LogP contribution in [-0.2, 0) is 9.05 Å². The fourth-order valence-electron chi connectivity index (χ4n) is 1.58. The molecule has 0 heterocycles. The van der Waals surface area contributed by atoms with Crippen LogP contribution in [0.15, 0.2) is 24.3 Å². The number of rotatable bonds is 8. The van der Waals surface area contributed by atoms with Crippen LogP contribution in [0.25, 0.3) is 0 Å². The van der Waals surface area contributed by atoms with Crippen molar-refractivity contribution in [2.24, 2.45) is 0 Å². The summed E-state index contributed by atoms with van der Waals surface area (Å²) >= 11 is 0. The number of unbranched alkanes of at least 4 members (excludes halogenated alkanes) is 3. The third kappa shape index (κ3) is 7.70. The monoisotopic (exact) mass is 301 g/mol. The highest BCUT2D eigenvalue weighted by Gasteiger charge is 2.03. The van der Waals surface area contributed by atoms with Gasteiger partial charge in [-0.2, -0.15) is 5.26 Å². The summed E-state index contributed by atoms with van der Waals surface area (Å²) in [5.41, 5.74) is 0.574. The summed E-state index contributed by atoms with van der Waals surface area (Å²) in [5, 5.41) is 8.73. The molecule has 4 nitrogen and oxygen atoms in total. The van der Waals surface area contributed by atoms with Gasteiger partial charge in [0.05, 0.1) is 24.0 Å². The van der Waals surface area contributed by atoms with Crippen molar-refractivity contribution in [2.45, 2.75) is 25.7 Å². The predicted molar refractivity (Wildman–Crippen MR) is 74.8 cm³/mol. The Balaban J connectivity index is 2.12. The van der Waals surface area contributed by atoms with E-state index in [-0.39, 0.29) is 5.75 Å². The van der Waals surface area contributed by atoms with Crippen molar-refractivity contribution in [3.63, 3.8) is 0 Å². The number of hydrogen-bond donors (Lipinski definition) is 0. The SMILES string of the molecule is N#Cc1cccc(OCCCCCCS(=O)(=O)Cl)c1. The summed E-state index contributed by atoms with van der Waals surface area (Å²) in [5.74, 6) is 0.710. The smallest absolute Gasteiger partial charge is 0.232 e. The van der Waals surface area contributed by atoms with Crippen molar-refractivity contribution in [2.75, 3.05) is 12.4 Å². The fourth-order valence-corrected chi connectivity index (χ4v) is 2.45. The summed E-state index contributed by atoms with van der Waals surface area (Å²) in [4.78, 5) is 0. The Bertz CT molecular complexity index is 537. The van der Waals surface area contributed by atoms with E-state index in [1.165, 1.54) is 0 Å². The first-order chi connectivity index (χ1) is 9.01. The zero-order chi connectivity index (χ0) is 14.1. The third-order valence-electron chi connectivity index (χ3n) is 2.51. The number of nitrogens with zero attached hydrogens (tertiary/aromatic N) is 1. The Hall–Kier alpha value is -1.25. The molecule has 104 valence electrons. The lowest BCUT2D eigenvalue weighted by Crippen LogP contribution is -1.99. The molecule has 0 aliphatic carbocycles. The molecule has 0 aromatic heterocycles. The summed E-state index contributed by atoms with van der Waals surface area (Å²) in [7, 11) is 1.75. The summed E-state index contributed by atoms with van der Waals surface area (Å²) in [6, 6.07) is 9.05. The lowest BCUT2D eigenvalue weighted by molar-refractivity contribution is 0.305. The van der Waals surface area contributed by atoms with E-state index in [2.05, 4.69) is 6.07 Å². The molecule has 0 unspecified atom stereocenters.